The highest BCUT2D eigenvalue weighted by Crippen LogP contribution is 2.75. The third-order valence-electron chi connectivity index (χ3n) is 13.1. The van der Waals surface area contributed by atoms with Gasteiger partial charge in [0.25, 0.3) is 0 Å². The van der Waals surface area contributed by atoms with Gasteiger partial charge >= 0.3 is 0 Å². The summed E-state index contributed by atoms with van der Waals surface area (Å²) in [5, 5.41) is 31.8. The minimum Gasteiger partial charge on any atom is -0.393 e. The average molecular weight is 499 g/mol. The second kappa shape index (κ2) is 7.39. The van der Waals surface area contributed by atoms with Crippen molar-refractivity contribution in [3.8, 4) is 0 Å². The van der Waals surface area contributed by atoms with Crippen molar-refractivity contribution < 1.29 is 14.9 Å². The first kappa shape index (κ1) is 25.4. The van der Waals surface area contributed by atoms with E-state index in [0.29, 0.717) is 11.8 Å². The van der Waals surface area contributed by atoms with Gasteiger partial charge in [0.05, 0.1) is 29.6 Å². The van der Waals surface area contributed by atoms with Gasteiger partial charge in [0.1, 0.15) is 0 Å². The smallest absolute Gasteiger partial charge is 0.0693 e. The van der Waals surface area contributed by atoms with Gasteiger partial charge in [-0.05, 0) is 112 Å². The van der Waals surface area contributed by atoms with E-state index in [1.54, 1.807) is 0 Å². The number of hydrogen-bond acceptors (Lipinski definition) is 4. The van der Waals surface area contributed by atoms with Gasteiger partial charge in [-0.25, -0.2) is 0 Å². The molecule has 4 fully saturated rings. The molecule has 3 N–H and O–H groups in total. The number of nitrogens with zero attached hydrogens (tertiary/aromatic N) is 1. The van der Waals surface area contributed by atoms with E-state index < -0.39 is 0 Å². The van der Waals surface area contributed by atoms with Gasteiger partial charge in [-0.2, -0.15) is 5.10 Å². The van der Waals surface area contributed by atoms with Crippen LogP contribution < -0.4 is 0 Å². The summed E-state index contributed by atoms with van der Waals surface area (Å²) in [6.07, 6.45) is 9.50. The molecule has 2 heterocycles. The van der Waals surface area contributed by atoms with Crippen LogP contribution in [0.3, 0.4) is 0 Å². The van der Waals surface area contributed by atoms with Crippen molar-refractivity contribution in [1.82, 2.24) is 10.2 Å². The second-order valence-corrected chi connectivity index (χ2v) is 15.8. The molecular formula is C31H50N2O3. The van der Waals surface area contributed by atoms with Crippen LogP contribution in [-0.4, -0.2) is 43.8 Å². The number of ether oxygens (including phenoxy) is 1. The Bertz CT molecular complexity index is 1050. The molecule has 5 nitrogen and oxygen atoms in total. The molecule has 4 aliphatic carbocycles. The highest BCUT2D eigenvalue weighted by molar-refractivity contribution is 5.35. The Balaban J connectivity index is 1.42. The molecule has 1 aliphatic heterocycles. The van der Waals surface area contributed by atoms with Gasteiger partial charge in [0.15, 0.2) is 0 Å². The van der Waals surface area contributed by atoms with Crippen LogP contribution in [0.25, 0.3) is 0 Å². The maximum absolute atomic E-state index is 12.1. The van der Waals surface area contributed by atoms with E-state index in [0.717, 1.165) is 44.9 Å². The molecule has 0 unspecified atom stereocenters. The molecule has 0 radical (unpaired) electrons. The molecule has 10 atom stereocenters. The van der Waals surface area contributed by atoms with Crippen molar-refractivity contribution in [3.05, 3.63) is 17.5 Å². The number of aromatic amines is 1. The first-order valence-corrected chi connectivity index (χ1v) is 14.7. The van der Waals surface area contributed by atoms with Crippen molar-refractivity contribution in [2.45, 2.75) is 136 Å². The molecule has 6 rings (SSSR count). The number of rotatable bonds is 1. The number of fused-ring (bicyclic) bond motifs is 6. The quantitative estimate of drug-likeness (QED) is 0.458. The summed E-state index contributed by atoms with van der Waals surface area (Å²) in [6, 6.07) is 0. The number of hydrogen-bond donors (Lipinski definition) is 3. The number of H-pyrrole nitrogens is 1. The van der Waals surface area contributed by atoms with Crippen molar-refractivity contribution in [2.75, 3.05) is 0 Å². The zero-order valence-electron chi connectivity index (χ0n) is 23.9. The highest BCUT2D eigenvalue weighted by atomic mass is 16.5. The van der Waals surface area contributed by atoms with E-state index in [1.807, 2.05) is 6.20 Å². The van der Waals surface area contributed by atoms with Crippen LogP contribution >= 0.6 is 0 Å². The lowest BCUT2D eigenvalue weighted by Crippen LogP contribution is -2.69. The van der Waals surface area contributed by atoms with E-state index in [-0.39, 0.29) is 56.9 Å². The van der Waals surface area contributed by atoms with Crippen molar-refractivity contribution >= 4 is 0 Å². The van der Waals surface area contributed by atoms with E-state index >= 15 is 0 Å². The topological polar surface area (TPSA) is 78.4 Å². The second-order valence-electron chi connectivity index (χ2n) is 15.8. The highest BCUT2D eigenvalue weighted by Gasteiger charge is 2.73. The van der Waals surface area contributed by atoms with Crippen LogP contribution in [-0.2, 0) is 16.6 Å². The van der Waals surface area contributed by atoms with Crippen LogP contribution in [0, 0.1) is 39.9 Å². The molecule has 1 aromatic rings. The van der Waals surface area contributed by atoms with E-state index in [2.05, 4.69) is 65.6 Å². The Morgan fingerprint density at radius 3 is 2.36 bits per heavy atom. The third-order valence-corrected chi connectivity index (χ3v) is 13.1. The molecule has 5 heteroatoms. The largest absolute Gasteiger partial charge is 0.393 e. The molecule has 1 saturated heterocycles. The predicted molar refractivity (Wildman–Crippen MR) is 142 cm³/mol. The molecule has 0 aromatic carbocycles. The zero-order valence-corrected chi connectivity index (χ0v) is 23.9. The molecule has 0 bridgehead atoms. The molecule has 202 valence electrons. The van der Waals surface area contributed by atoms with E-state index in [4.69, 9.17) is 4.74 Å². The van der Waals surface area contributed by atoms with Crippen LogP contribution in [0.4, 0.5) is 0 Å². The average Bonchev–Trinajstić information content (AvgIpc) is 3.35. The maximum Gasteiger partial charge on any atom is 0.0693 e. The van der Waals surface area contributed by atoms with Gasteiger partial charge in [-0.3, -0.25) is 5.10 Å². The lowest BCUT2D eigenvalue weighted by molar-refractivity contribution is -0.259. The minimum absolute atomic E-state index is 0.0241. The Hall–Kier alpha value is -0.910. The number of aliphatic hydroxyl groups is 2. The molecule has 0 amide bonds. The van der Waals surface area contributed by atoms with Gasteiger partial charge in [-0.15, -0.1) is 0 Å². The van der Waals surface area contributed by atoms with Crippen molar-refractivity contribution in [3.63, 3.8) is 0 Å². The van der Waals surface area contributed by atoms with Crippen molar-refractivity contribution in [1.29, 1.82) is 0 Å². The van der Waals surface area contributed by atoms with E-state index in [1.165, 1.54) is 17.7 Å². The monoisotopic (exact) mass is 498 g/mol. The van der Waals surface area contributed by atoms with Gasteiger partial charge in [0, 0.05) is 17.0 Å². The van der Waals surface area contributed by atoms with Crippen LogP contribution in [0.1, 0.15) is 112 Å². The van der Waals surface area contributed by atoms with Gasteiger partial charge in [0.2, 0.25) is 0 Å². The first-order valence-electron chi connectivity index (χ1n) is 14.7. The Kier molecular flexibility index (Phi) is 5.21. The minimum atomic E-state index is -0.366. The van der Waals surface area contributed by atoms with Crippen LogP contribution in [0.2, 0.25) is 0 Å². The number of aliphatic hydroxyl groups excluding tert-OH is 2. The molecule has 5 aliphatic rings. The van der Waals surface area contributed by atoms with E-state index in [9.17, 15) is 10.2 Å². The number of aromatic nitrogens is 2. The lowest BCUT2D eigenvalue weighted by Gasteiger charge is -2.70. The Labute approximate surface area is 218 Å². The van der Waals surface area contributed by atoms with Crippen LogP contribution in [0.5, 0.6) is 0 Å². The predicted octanol–water partition coefficient (Wildman–Crippen LogP) is 5.79. The fourth-order valence-electron chi connectivity index (χ4n) is 11.9. The molecule has 3 saturated carbocycles. The Morgan fingerprint density at radius 1 is 0.944 bits per heavy atom. The summed E-state index contributed by atoms with van der Waals surface area (Å²) in [5.41, 5.74) is 1.87. The Morgan fingerprint density at radius 2 is 1.67 bits per heavy atom. The summed E-state index contributed by atoms with van der Waals surface area (Å²) >= 11 is 0. The lowest BCUT2D eigenvalue weighted by atomic mass is 9.34. The number of nitrogens with one attached hydrogen (secondary N) is 1. The van der Waals surface area contributed by atoms with Gasteiger partial charge < -0.3 is 14.9 Å². The zero-order chi connectivity index (χ0) is 26.1. The maximum atomic E-state index is 12.1. The normalized spacial score (nSPS) is 53.2. The molecular weight excluding hydrogens is 448 g/mol. The molecule has 1 aromatic heterocycles. The van der Waals surface area contributed by atoms with Crippen molar-refractivity contribution in [2.24, 2.45) is 39.9 Å². The molecule has 0 spiro atoms. The third kappa shape index (κ3) is 3.03. The summed E-state index contributed by atoms with van der Waals surface area (Å²) in [6.45, 7) is 18.8. The first-order chi connectivity index (χ1) is 16.6. The summed E-state index contributed by atoms with van der Waals surface area (Å²) < 4.78 is 6.87. The summed E-state index contributed by atoms with van der Waals surface area (Å²) in [7, 11) is 0. The fourth-order valence-corrected chi connectivity index (χ4v) is 11.9. The summed E-state index contributed by atoms with van der Waals surface area (Å²) in [5.74, 6) is 1.07. The van der Waals surface area contributed by atoms with Crippen LogP contribution in [0.15, 0.2) is 6.20 Å². The SMILES string of the molecule is CC1(C)CCC[C@](C)([C@H]2CC[C@]3(C)[C@@H]2[C@H](O)C[C@@H]2[C@@]4(C)Cc5cn[nH]c5C(C)(C)[C@@H]4[C@H](O)C[C@]23C)O1. The summed E-state index contributed by atoms with van der Waals surface area (Å²) in [4.78, 5) is 0. The standard InChI is InChI=1S/C31H50N2O3/c1-26(2)11-9-12-31(8,36-26)19-10-13-29(6)23(19)20(34)14-22-28(5)15-18-17-32-33-25(18)27(3,4)24(28)21(35)16-30(22,29)7/h17,19-24,34-35H,9-16H2,1-8H3,(H,32,33)/t19-,20+,21+,22+,23-,24-,28+,29+,30+,31+/m0/s1. The fraction of sp³-hybridized carbons (Fsp3) is 0.903. The molecule has 36 heavy (non-hydrogen) atoms. The van der Waals surface area contributed by atoms with Gasteiger partial charge in [-0.1, -0.05) is 34.6 Å².